The first-order valence-corrected chi connectivity index (χ1v) is 9.39. The quantitative estimate of drug-likeness (QED) is 0.255. The second-order valence-electron chi connectivity index (χ2n) is 5.62. The molecule has 13 heteroatoms. The topological polar surface area (TPSA) is 51.2 Å². The average Bonchev–Trinajstić information content (AvgIpc) is 2.45. The van der Waals surface area contributed by atoms with Crippen LogP contribution in [0.25, 0.3) is 0 Å². The number of rotatable bonds is 0. The van der Waals surface area contributed by atoms with E-state index in [4.69, 9.17) is 14.4 Å². The van der Waals surface area contributed by atoms with Gasteiger partial charge in [0.05, 0.1) is 0 Å². The van der Waals surface area contributed by atoms with Crippen molar-refractivity contribution in [2.24, 2.45) is 17.3 Å². The summed E-state index contributed by atoms with van der Waals surface area (Å²) in [5.41, 5.74) is 0.409. The van der Waals surface area contributed by atoms with E-state index in [0.717, 1.165) is 12.3 Å². The first-order chi connectivity index (χ1) is 11.5. The van der Waals surface area contributed by atoms with Crippen molar-refractivity contribution in [2.45, 2.75) is 47.0 Å². The molecule has 0 heterocycles. The second-order valence-corrected chi connectivity index (χ2v) is 6.33. The predicted molar refractivity (Wildman–Crippen MR) is 122 cm³/mol. The van der Waals surface area contributed by atoms with Gasteiger partial charge in [0.1, 0.15) is 0 Å². The third-order valence-corrected chi connectivity index (χ3v) is 2.09. The van der Waals surface area contributed by atoms with Gasteiger partial charge < -0.3 is 67.3 Å². The summed E-state index contributed by atoms with van der Waals surface area (Å²) >= 11 is 0. The first-order valence-electron chi connectivity index (χ1n) is 7.66. The summed E-state index contributed by atoms with van der Waals surface area (Å²) in [5, 5.41) is 0. The molecule has 1 aliphatic carbocycles. The summed E-state index contributed by atoms with van der Waals surface area (Å²) < 4.78 is 0. The molecule has 1 fully saturated rings. The van der Waals surface area contributed by atoms with Crippen LogP contribution in [0.1, 0.15) is 47.0 Å². The van der Waals surface area contributed by atoms with Gasteiger partial charge in [-0.25, -0.2) is 18.1 Å². The van der Waals surface area contributed by atoms with Crippen LogP contribution in [0.5, 0.6) is 0 Å². The molecule has 0 spiro atoms. The van der Waals surface area contributed by atoms with E-state index in [2.05, 4.69) is 61.3 Å². The van der Waals surface area contributed by atoms with Crippen molar-refractivity contribution in [3.63, 3.8) is 0 Å². The molecule has 3 unspecified atom stereocenters. The average molecular weight is 990 g/mol. The van der Waals surface area contributed by atoms with Crippen molar-refractivity contribution >= 4 is 45.8 Å². The van der Waals surface area contributed by atoms with Gasteiger partial charge >= 0.3 is 0 Å². The molecule has 7 radical (unpaired) electrons. The van der Waals surface area contributed by atoms with Crippen LogP contribution in [-0.2, 0) is 229 Å². The molecule has 32 heavy (non-hydrogen) atoms. The van der Waals surface area contributed by atoms with Crippen LogP contribution >= 0.6 is 27.7 Å². The molecule has 1 rings (SSSR count). The maximum Gasteiger partial charge on any atom is 0 e. The number of carbonyl (C=O) groups excluding carboxylic acids is 3. The monoisotopic (exact) mass is 990 g/mol. The van der Waals surface area contributed by atoms with E-state index >= 15 is 0 Å². The molecule has 0 saturated heterocycles. The van der Waals surface area contributed by atoms with Crippen LogP contribution in [0.3, 0.4) is 0 Å². The third-order valence-electron chi connectivity index (χ3n) is 2.09. The Kier molecular flexibility index (Phi) is 173. The molecular weight excluding hydrogens is 954 g/mol. The zero-order chi connectivity index (χ0) is 21.3. The van der Waals surface area contributed by atoms with Crippen molar-refractivity contribution < 1.29 is 229 Å². The normalized spacial score (nSPS) is 10.9. The molecule has 0 aliphatic heterocycles. The zero-order valence-electron chi connectivity index (χ0n) is 20.1. The Labute approximate surface area is 371 Å². The zero-order valence-corrected chi connectivity index (χ0v) is 42.0. The van der Waals surface area contributed by atoms with E-state index < -0.39 is 0 Å². The summed E-state index contributed by atoms with van der Waals surface area (Å²) in [4.78, 5) is 25.9. The molecule has 177 valence electrons. The molecular formula is C19H36O3P3VY6-9. The fourth-order valence-electron chi connectivity index (χ4n) is 1.19. The van der Waals surface area contributed by atoms with Gasteiger partial charge in [-0.15, -0.1) is 20.8 Å². The minimum absolute atomic E-state index is 0. The largest absolute Gasteiger partial charge is 0.537 e. The van der Waals surface area contributed by atoms with E-state index in [-0.39, 0.29) is 215 Å². The van der Waals surface area contributed by atoms with Crippen molar-refractivity contribution in [1.29, 1.82) is 0 Å². The Morgan fingerprint density at radius 1 is 0.844 bits per heavy atom. The van der Waals surface area contributed by atoms with Gasteiger partial charge in [0, 0.05) is 215 Å². The van der Waals surface area contributed by atoms with Crippen molar-refractivity contribution in [3.8, 4) is 0 Å². The molecule has 0 aromatic heterocycles. The Bertz CT molecular complexity index is 260. The van der Waals surface area contributed by atoms with Gasteiger partial charge in [-0.1, -0.05) is 12.8 Å². The third kappa shape index (κ3) is 131. The van der Waals surface area contributed by atoms with Gasteiger partial charge in [0.25, 0.3) is 0 Å². The Morgan fingerprint density at radius 3 is 1.06 bits per heavy atom. The van der Waals surface area contributed by atoms with Crippen LogP contribution in [-0.4, -0.2) is 18.1 Å². The van der Waals surface area contributed by atoms with E-state index in [9.17, 15) is 0 Å². The molecule has 3 nitrogen and oxygen atoms in total. The van der Waals surface area contributed by atoms with Gasteiger partial charge in [-0.3, -0.25) is 33.1 Å². The maximum absolute atomic E-state index is 8.64. The van der Waals surface area contributed by atoms with Gasteiger partial charge in [-0.2, -0.15) is 12.8 Å². The fourth-order valence-corrected chi connectivity index (χ4v) is 1.19. The smallest absolute Gasteiger partial charge is 0 e. The van der Waals surface area contributed by atoms with E-state index in [1.807, 2.05) is 6.92 Å². The minimum atomic E-state index is 0. The molecule has 0 aromatic carbocycles. The summed E-state index contributed by atoms with van der Waals surface area (Å²) in [6.07, 6.45) is 8.18. The predicted octanol–water partition coefficient (Wildman–Crippen LogP) is 4.96. The Morgan fingerprint density at radius 2 is 0.969 bits per heavy atom. The first kappa shape index (κ1) is 77.4. The Hall–Kier alpha value is 7.51. The summed E-state index contributed by atoms with van der Waals surface area (Å²) in [7, 11) is 5.32. The summed E-state index contributed by atoms with van der Waals surface area (Å²) in [6.45, 7) is 22.6. The van der Waals surface area contributed by atoms with E-state index in [1.165, 1.54) is 30.9 Å². The van der Waals surface area contributed by atoms with Gasteiger partial charge in [-0.05, 0) is 0 Å². The summed E-state index contributed by atoms with van der Waals surface area (Å²) in [5.74, 6) is 1.22. The van der Waals surface area contributed by atoms with E-state index in [1.54, 1.807) is 27.7 Å². The van der Waals surface area contributed by atoms with Crippen LogP contribution in [0, 0.1) is 57.8 Å². The van der Waals surface area contributed by atoms with Gasteiger partial charge in [0.15, 0.2) is 0 Å². The minimum Gasteiger partial charge on any atom is -0.537 e. The van der Waals surface area contributed by atoms with Crippen molar-refractivity contribution in [3.05, 3.63) is 40.5 Å². The number of hydrogen-bond acceptors (Lipinski definition) is 3. The Balaban J connectivity index is -0.0000000155. The SMILES string of the molecule is CC1C[CH-]C(C)(C)[CH-]C1.O=[C-]P.O=[C-]P.O=[C-]P.[CH2-]C([CH2-])C.[CH2-]C[CH2-].[V].[Y].[Y].[Y].[Y].[Y].[Y]. The molecule has 1 aliphatic rings. The molecule has 1 saturated carbocycles. The standard InChI is InChI=1S/C9H16.C4H8.C3H6.3CH2OP.V.6Y/c1-8-4-6-9(2,3)7-5-8;1-4(2)3;1-3-2;3*2-1-3;;;;;;;/h6-8H,4-5H2,1-3H3;4H,1-2H2,3H3;1-3H2;3*3H2;;;;;;;/q3*-2;3*-1;;;;;;;. The van der Waals surface area contributed by atoms with Crippen molar-refractivity contribution in [2.75, 3.05) is 0 Å². The van der Waals surface area contributed by atoms with Crippen LogP contribution in [0.4, 0.5) is 0 Å². The molecule has 0 amide bonds. The van der Waals surface area contributed by atoms with E-state index in [0.29, 0.717) is 11.3 Å². The van der Waals surface area contributed by atoms with Crippen LogP contribution in [0.15, 0.2) is 0 Å². The van der Waals surface area contributed by atoms with Crippen LogP contribution < -0.4 is 0 Å². The van der Waals surface area contributed by atoms with Crippen LogP contribution in [0.2, 0.25) is 0 Å². The molecule has 0 aromatic rings. The fraction of sp³-hybridized carbons (Fsp3) is 0.526. The van der Waals surface area contributed by atoms with Crippen molar-refractivity contribution in [1.82, 2.24) is 0 Å². The maximum atomic E-state index is 8.64. The molecule has 3 atom stereocenters. The second kappa shape index (κ2) is 71.6. The molecule has 0 N–H and O–H groups in total. The van der Waals surface area contributed by atoms with Gasteiger partial charge in [0.2, 0.25) is 0 Å². The summed E-state index contributed by atoms with van der Waals surface area (Å²) in [6, 6.07) is 4.25. The molecule has 0 bridgehead atoms. The number of hydrogen-bond donors (Lipinski definition) is 0.